The van der Waals surface area contributed by atoms with Gasteiger partial charge in [0, 0.05) is 0 Å². The first-order valence-electron chi connectivity index (χ1n) is 2.39. The summed E-state index contributed by atoms with van der Waals surface area (Å²) in [5.41, 5.74) is 5.18. The second-order valence-electron chi connectivity index (χ2n) is 1.24. The Labute approximate surface area is 56.7 Å². The lowest BCUT2D eigenvalue weighted by atomic mass is 10.4. The second kappa shape index (κ2) is 9.88. The molecule has 0 atom stereocenters. The van der Waals surface area contributed by atoms with Crippen LogP contribution < -0.4 is 5.73 Å². The Bertz CT molecular complexity index is 68.9. The van der Waals surface area contributed by atoms with Gasteiger partial charge in [-0.15, -0.1) is 12.4 Å². The smallest absolute Gasteiger partial charge is 0.00425 e. The molecule has 0 amide bonds. The molecule has 0 fully saturated rings. The van der Waals surface area contributed by atoms with Crippen molar-refractivity contribution >= 4 is 12.4 Å². The molecule has 0 aliphatic heterocycles. The van der Waals surface area contributed by atoms with Gasteiger partial charge in [-0.1, -0.05) is 24.8 Å². The summed E-state index contributed by atoms with van der Waals surface area (Å²) in [5.74, 6) is 0. The highest BCUT2D eigenvalue weighted by atomic mass is 35.5. The maximum absolute atomic E-state index is 5.18. The molecule has 1 nitrogen and oxygen atoms in total. The lowest BCUT2D eigenvalue weighted by Crippen LogP contribution is -1.94. The quantitative estimate of drug-likeness (QED) is 0.581. The Hall–Kier alpha value is -0.270. The van der Waals surface area contributed by atoms with Gasteiger partial charge in [0.2, 0.25) is 0 Å². The summed E-state index contributed by atoms with van der Waals surface area (Å²) in [6.07, 6.45) is 6.58. The molecule has 2 N–H and O–H groups in total. The van der Waals surface area contributed by atoms with Crippen LogP contribution in [0.5, 0.6) is 0 Å². The molecular formula is C6H12ClN. The molecule has 48 valence electrons. The molecule has 0 aromatic rings. The minimum Gasteiger partial charge on any atom is -0.330 e. The van der Waals surface area contributed by atoms with Gasteiger partial charge in [0.05, 0.1) is 0 Å². The molecule has 0 radical (unpaired) electrons. The first-order valence-corrected chi connectivity index (χ1v) is 2.39. The van der Waals surface area contributed by atoms with Crippen molar-refractivity contribution in [3.8, 4) is 0 Å². The third-order valence-corrected chi connectivity index (χ3v) is 0.605. The Balaban J connectivity index is 0. The van der Waals surface area contributed by atoms with Crippen LogP contribution in [0.4, 0.5) is 0 Å². The highest BCUT2D eigenvalue weighted by Crippen LogP contribution is 1.76. The summed E-state index contributed by atoms with van der Waals surface area (Å²) in [4.78, 5) is 0. The van der Waals surface area contributed by atoms with E-state index in [4.69, 9.17) is 5.73 Å². The number of nitrogens with two attached hydrogens (primary N) is 1. The highest BCUT2D eigenvalue weighted by Gasteiger charge is 1.65. The van der Waals surface area contributed by atoms with E-state index in [1.807, 2.05) is 12.2 Å². The molecule has 0 aromatic heterocycles. The molecule has 2 heteroatoms. The van der Waals surface area contributed by atoms with Gasteiger partial charge >= 0.3 is 0 Å². The minimum absolute atomic E-state index is 0. The van der Waals surface area contributed by atoms with Crippen molar-refractivity contribution in [2.45, 2.75) is 6.42 Å². The molecule has 0 saturated carbocycles. The number of halogens is 1. The molecule has 0 bridgehead atoms. The summed E-state index contributed by atoms with van der Waals surface area (Å²) in [6.45, 7) is 4.23. The lowest BCUT2D eigenvalue weighted by molar-refractivity contribution is 1.01. The molecule has 0 unspecified atom stereocenters. The third kappa shape index (κ3) is 9.21. The fourth-order valence-electron chi connectivity index (χ4n) is 0.289. The fraction of sp³-hybridized carbons (Fsp3) is 0.333. The number of rotatable bonds is 3. The van der Waals surface area contributed by atoms with E-state index >= 15 is 0 Å². The van der Waals surface area contributed by atoms with Crippen molar-refractivity contribution < 1.29 is 0 Å². The van der Waals surface area contributed by atoms with E-state index < -0.39 is 0 Å². The maximum Gasteiger partial charge on any atom is -0.00425 e. The van der Waals surface area contributed by atoms with Gasteiger partial charge in [0.15, 0.2) is 0 Å². The predicted molar refractivity (Wildman–Crippen MR) is 40.3 cm³/mol. The van der Waals surface area contributed by atoms with Crippen LogP contribution in [-0.2, 0) is 0 Å². The van der Waals surface area contributed by atoms with Crippen LogP contribution in [0.25, 0.3) is 0 Å². The molecule has 0 heterocycles. The topological polar surface area (TPSA) is 26.0 Å². The van der Waals surface area contributed by atoms with E-state index in [9.17, 15) is 0 Å². The molecule has 0 saturated heterocycles. The van der Waals surface area contributed by atoms with E-state index in [1.165, 1.54) is 0 Å². The van der Waals surface area contributed by atoms with Crippen LogP contribution >= 0.6 is 12.4 Å². The predicted octanol–water partition coefficient (Wildman–Crippen LogP) is 1.50. The van der Waals surface area contributed by atoms with Crippen molar-refractivity contribution in [3.63, 3.8) is 0 Å². The van der Waals surface area contributed by atoms with Gasteiger partial charge in [-0.2, -0.15) is 0 Å². The summed E-state index contributed by atoms with van der Waals surface area (Å²) < 4.78 is 0. The molecule has 0 spiro atoms. The van der Waals surface area contributed by atoms with Crippen LogP contribution in [0.1, 0.15) is 6.42 Å². The molecular weight excluding hydrogens is 122 g/mol. The zero-order chi connectivity index (χ0) is 5.54. The zero-order valence-electron chi connectivity index (χ0n) is 4.84. The molecule has 8 heavy (non-hydrogen) atoms. The Kier molecular flexibility index (Phi) is 13.2. The van der Waals surface area contributed by atoms with Crippen molar-refractivity contribution in [2.75, 3.05) is 6.54 Å². The number of hydrogen-bond donors (Lipinski definition) is 1. The number of hydrogen-bond acceptors (Lipinski definition) is 1. The molecule has 0 aromatic carbocycles. The minimum atomic E-state index is 0. The Morgan fingerprint density at radius 2 is 2.12 bits per heavy atom. The van der Waals surface area contributed by atoms with Gasteiger partial charge < -0.3 is 5.73 Å². The van der Waals surface area contributed by atoms with E-state index in [-0.39, 0.29) is 12.4 Å². The van der Waals surface area contributed by atoms with Gasteiger partial charge in [-0.25, -0.2) is 0 Å². The first kappa shape index (κ1) is 10.7. The van der Waals surface area contributed by atoms with E-state index in [0.29, 0.717) is 0 Å². The van der Waals surface area contributed by atoms with E-state index in [2.05, 4.69) is 6.58 Å². The lowest BCUT2D eigenvalue weighted by Gasteiger charge is -1.78. The van der Waals surface area contributed by atoms with E-state index in [0.717, 1.165) is 13.0 Å². The van der Waals surface area contributed by atoms with Gasteiger partial charge in [0.1, 0.15) is 0 Å². The molecule has 0 rings (SSSR count). The summed E-state index contributed by atoms with van der Waals surface area (Å²) in [7, 11) is 0. The monoisotopic (exact) mass is 133 g/mol. The molecule has 0 aliphatic carbocycles. The SMILES string of the molecule is C=CC=CCCN.Cl. The van der Waals surface area contributed by atoms with E-state index in [1.54, 1.807) is 6.08 Å². The summed E-state index contributed by atoms with van der Waals surface area (Å²) in [5, 5.41) is 0. The van der Waals surface area contributed by atoms with Crippen LogP contribution in [0.15, 0.2) is 24.8 Å². The van der Waals surface area contributed by atoms with Crippen molar-refractivity contribution in [1.29, 1.82) is 0 Å². The average Bonchev–Trinajstić information content (AvgIpc) is 1.69. The number of allylic oxidation sites excluding steroid dienone is 2. The van der Waals surface area contributed by atoms with Crippen LogP contribution in [0, 0.1) is 0 Å². The van der Waals surface area contributed by atoms with Crippen LogP contribution in [-0.4, -0.2) is 6.54 Å². The normalized spacial score (nSPS) is 8.62. The highest BCUT2D eigenvalue weighted by molar-refractivity contribution is 5.85. The van der Waals surface area contributed by atoms with Gasteiger partial charge in [-0.05, 0) is 13.0 Å². The summed E-state index contributed by atoms with van der Waals surface area (Å²) in [6, 6.07) is 0. The summed E-state index contributed by atoms with van der Waals surface area (Å²) >= 11 is 0. The largest absolute Gasteiger partial charge is 0.330 e. The molecule has 0 aliphatic rings. The van der Waals surface area contributed by atoms with Crippen molar-refractivity contribution in [3.05, 3.63) is 24.8 Å². The first-order chi connectivity index (χ1) is 3.41. The van der Waals surface area contributed by atoms with Gasteiger partial charge in [-0.3, -0.25) is 0 Å². The van der Waals surface area contributed by atoms with Crippen LogP contribution in [0.2, 0.25) is 0 Å². The third-order valence-electron chi connectivity index (χ3n) is 0.605. The van der Waals surface area contributed by atoms with Crippen LogP contribution in [0.3, 0.4) is 0 Å². The fourth-order valence-corrected chi connectivity index (χ4v) is 0.289. The Morgan fingerprint density at radius 1 is 1.50 bits per heavy atom. The average molecular weight is 134 g/mol. The maximum atomic E-state index is 5.18. The zero-order valence-corrected chi connectivity index (χ0v) is 5.66. The second-order valence-corrected chi connectivity index (χ2v) is 1.24. The van der Waals surface area contributed by atoms with Crippen molar-refractivity contribution in [1.82, 2.24) is 0 Å². The van der Waals surface area contributed by atoms with Crippen molar-refractivity contribution in [2.24, 2.45) is 5.73 Å². The Morgan fingerprint density at radius 3 is 2.50 bits per heavy atom. The standard InChI is InChI=1S/C6H11N.ClH/c1-2-3-4-5-6-7;/h2-4H,1,5-7H2;1H. The van der Waals surface area contributed by atoms with Gasteiger partial charge in [0.25, 0.3) is 0 Å².